The quantitative estimate of drug-likeness (QED) is 0.819. The van der Waals surface area contributed by atoms with Gasteiger partial charge in [0.05, 0.1) is 0 Å². The Labute approximate surface area is 97.4 Å². The summed E-state index contributed by atoms with van der Waals surface area (Å²) in [5, 5.41) is 0. The Balaban J connectivity index is 1.64. The van der Waals surface area contributed by atoms with E-state index in [0.29, 0.717) is 11.5 Å². The minimum Gasteiger partial charge on any atom is -0.327 e. The van der Waals surface area contributed by atoms with Gasteiger partial charge < -0.3 is 5.73 Å². The Kier molecular flexibility index (Phi) is 2.49. The van der Waals surface area contributed by atoms with Gasteiger partial charge in [-0.3, -0.25) is 4.90 Å². The van der Waals surface area contributed by atoms with E-state index in [-0.39, 0.29) is 0 Å². The van der Waals surface area contributed by atoms with Crippen molar-refractivity contribution in [2.75, 3.05) is 13.1 Å². The minimum absolute atomic E-state index is 0.478. The van der Waals surface area contributed by atoms with Crippen LogP contribution in [0.2, 0.25) is 0 Å². The Bertz CT molecular complexity index is 362. The van der Waals surface area contributed by atoms with Crippen LogP contribution in [0.25, 0.3) is 0 Å². The molecule has 1 aromatic carbocycles. The summed E-state index contributed by atoms with van der Waals surface area (Å²) in [6.07, 6.45) is 3.91. The summed E-state index contributed by atoms with van der Waals surface area (Å²) in [6.45, 7) is 3.54. The normalized spacial score (nSPS) is 34.2. The average molecular weight is 216 g/mol. The van der Waals surface area contributed by atoms with Crippen molar-refractivity contribution >= 4 is 0 Å². The molecule has 2 N–H and O–H groups in total. The predicted molar refractivity (Wildman–Crippen MR) is 66.0 cm³/mol. The number of rotatable bonds is 2. The molecule has 0 unspecified atom stereocenters. The first-order valence-corrected chi connectivity index (χ1v) is 6.30. The molecule has 2 heteroatoms. The van der Waals surface area contributed by atoms with Gasteiger partial charge in [-0.25, -0.2) is 0 Å². The van der Waals surface area contributed by atoms with Crippen molar-refractivity contribution in [3.05, 3.63) is 35.9 Å². The van der Waals surface area contributed by atoms with E-state index >= 15 is 0 Å². The average Bonchev–Trinajstić information content (AvgIpc) is 2.89. The van der Waals surface area contributed by atoms with Gasteiger partial charge in [-0.1, -0.05) is 30.3 Å². The molecule has 16 heavy (non-hydrogen) atoms. The first kappa shape index (κ1) is 10.3. The van der Waals surface area contributed by atoms with Crippen molar-refractivity contribution in [3.63, 3.8) is 0 Å². The summed E-state index contributed by atoms with van der Waals surface area (Å²) in [7, 11) is 0. The van der Waals surface area contributed by atoms with Crippen LogP contribution in [0.3, 0.4) is 0 Å². The van der Waals surface area contributed by atoms with Gasteiger partial charge in [0, 0.05) is 19.1 Å². The van der Waals surface area contributed by atoms with Crippen molar-refractivity contribution in [2.45, 2.75) is 31.8 Å². The molecule has 2 aliphatic rings. The van der Waals surface area contributed by atoms with E-state index in [4.69, 9.17) is 5.73 Å². The largest absolute Gasteiger partial charge is 0.327 e. The summed E-state index contributed by atoms with van der Waals surface area (Å²) in [4.78, 5) is 2.58. The zero-order valence-electron chi connectivity index (χ0n) is 9.73. The fraction of sp³-hybridized carbons (Fsp3) is 0.571. The van der Waals surface area contributed by atoms with Crippen LogP contribution in [0, 0.1) is 5.41 Å². The highest BCUT2D eigenvalue weighted by Gasteiger charge is 2.53. The van der Waals surface area contributed by atoms with E-state index < -0.39 is 0 Å². The van der Waals surface area contributed by atoms with Gasteiger partial charge in [0.25, 0.3) is 0 Å². The molecule has 0 radical (unpaired) electrons. The standard InChI is InChI=1S/C14H20N2/c15-13-9-14(13)7-4-8-16(11-14)10-12-5-2-1-3-6-12/h1-3,5-6,13H,4,7-11,15H2/t13-,14-/m1/s1. The van der Waals surface area contributed by atoms with E-state index in [2.05, 4.69) is 35.2 Å². The van der Waals surface area contributed by atoms with Crippen LogP contribution in [-0.4, -0.2) is 24.0 Å². The lowest BCUT2D eigenvalue weighted by molar-refractivity contribution is 0.150. The van der Waals surface area contributed by atoms with Crippen LogP contribution in [0.1, 0.15) is 24.8 Å². The highest BCUT2D eigenvalue weighted by atomic mass is 15.2. The van der Waals surface area contributed by atoms with Crippen molar-refractivity contribution in [2.24, 2.45) is 11.1 Å². The SMILES string of the molecule is N[C@@H]1C[C@@]12CCCN(Cc1ccccc1)C2. The van der Waals surface area contributed by atoms with Crippen LogP contribution < -0.4 is 5.73 Å². The zero-order chi connectivity index (χ0) is 11.0. The van der Waals surface area contributed by atoms with Crippen molar-refractivity contribution < 1.29 is 0 Å². The zero-order valence-corrected chi connectivity index (χ0v) is 9.73. The Morgan fingerprint density at radius 1 is 1.31 bits per heavy atom. The topological polar surface area (TPSA) is 29.3 Å². The molecule has 1 saturated heterocycles. The molecule has 1 saturated carbocycles. The van der Waals surface area contributed by atoms with Crippen LogP contribution in [0.4, 0.5) is 0 Å². The predicted octanol–water partition coefficient (Wildman–Crippen LogP) is 2.00. The molecule has 1 spiro atoms. The van der Waals surface area contributed by atoms with E-state index in [9.17, 15) is 0 Å². The summed E-state index contributed by atoms with van der Waals surface area (Å²) in [6, 6.07) is 11.2. The van der Waals surface area contributed by atoms with Crippen LogP contribution in [0.15, 0.2) is 30.3 Å². The van der Waals surface area contributed by atoms with Gasteiger partial charge in [-0.05, 0) is 36.8 Å². The highest BCUT2D eigenvalue weighted by molar-refractivity contribution is 5.16. The summed E-state index contributed by atoms with van der Waals surface area (Å²) < 4.78 is 0. The molecule has 2 nitrogen and oxygen atoms in total. The lowest BCUT2D eigenvalue weighted by Gasteiger charge is -2.33. The molecule has 0 aromatic heterocycles. The van der Waals surface area contributed by atoms with Gasteiger partial charge in [-0.15, -0.1) is 0 Å². The summed E-state index contributed by atoms with van der Waals surface area (Å²) >= 11 is 0. The van der Waals surface area contributed by atoms with E-state index in [1.54, 1.807) is 0 Å². The van der Waals surface area contributed by atoms with Crippen LogP contribution in [-0.2, 0) is 6.54 Å². The second-order valence-corrected chi connectivity index (χ2v) is 5.47. The number of hydrogen-bond donors (Lipinski definition) is 1. The molecule has 3 rings (SSSR count). The fourth-order valence-corrected chi connectivity index (χ4v) is 3.08. The Morgan fingerprint density at radius 2 is 2.06 bits per heavy atom. The van der Waals surface area contributed by atoms with Crippen LogP contribution >= 0.6 is 0 Å². The molecule has 0 amide bonds. The third-order valence-electron chi connectivity index (χ3n) is 4.19. The van der Waals surface area contributed by atoms with Crippen LogP contribution in [0.5, 0.6) is 0 Å². The number of hydrogen-bond acceptors (Lipinski definition) is 2. The third-order valence-corrected chi connectivity index (χ3v) is 4.19. The first-order chi connectivity index (χ1) is 7.78. The second kappa shape index (κ2) is 3.86. The van der Waals surface area contributed by atoms with Gasteiger partial charge in [0.15, 0.2) is 0 Å². The molecule has 1 aliphatic carbocycles. The molecular weight excluding hydrogens is 196 g/mol. The first-order valence-electron chi connectivity index (χ1n) is 6.30. The molecule has 2 atom stereocenters. The van der Waals surface area contributed by atoms with E-state index in [1.807, 2.05) is 0 Å². The van der Waals surface area contributed by atoms with Gasteiger partial charge in [0.1, 0.15) is 0 Å². The van der Waals surface area contributed by atoms with Gasteiger partial charge in [0.2, 0.25) is 0 Å². The fourth-order valence-electron chi connectivity index (χ4n) is 3.08. The molecule has 1 aliphatic heterocycles. The molecule has 0 bridgehead atoms. The van der Waals surface area contributed by atoms with E-state index in [1.165, 1.54) is 37.9 Å². The number of nitrogens with two attached hydrogens (primary N) is 1. The summed E-state index contributed by atoms with van der Waals surface area (Å²) in [5.74, 6) is 0. The number of likely N-dealkylation sites (tertiary alicyclic amines) is 1. The van der Waals surface area contributed by atoms with E-state index in [0.717, 1.165) is 6.54 Å². The summed E-state index contributed by atoms with van der Waals surface area (Å²) in [5.41, 5.74) is 7.98. The monoisotopic (exact) mass is 216 g/mol. The molecule has 1 aromatic rings. The second-order valence-electron chi connectivity index (χ2n) is 5.47. The molecule has 1 heterocycles. The highest BCUT2D eigenvalue weighted by Crippen LogP contribution is 2.51. The maximum atomic E-state index is 6.06. The van der Waals surface area contributed by atoms with Crippen molar-refractivity contribution in [3.8, 4) is 0 Å². The molecule has 2 fully saturated rings. The van der Waals surface area contributed by atoms with Crippen molar-refractivity contribution in [1.82, 2.24) is 4.90 Å². The minimum atomic E-state index is 0.478. The lowest BCUT2D eigenvalue weighted by atomic mass is 9.94. The Morgan fingerprint density at radius 3 is 2.75 bits per heavy atom. The van der Waals surface area contributed by atoms with Crippen molar-refractivity contribution in [1.29, 1.82) is 0 Å². The number of piperidine rings is 1. The van der Waals surface area contributed by atoms with Gasteiger partial charge in [-0.2, -0.15) is 0 Å². The number of nitrogens with zero attached hydrogens (tertiary/aromatic N) is 1. The van der Waals surface area contributed by atoms with Gasteiger partial charge >= 0.3 is 0 Å². The smallest absolute Gasteiger partial charge is 0.0233 e. The maximum Gasteiger partial charge on any atom is 0.0233 e. The lowest BCUT2D eigenvalue weighted by Crippen LogP contribution is -2.38. The number of benzene rings is 1. The molecular formula is C14H20N2. The molecule has 86 valence electrons. The maximum absolute atomic E-state index is 6.06. The third kappa shape index (κ3) is 1.87. The Hall–Kier alpha value is -0.860.